The predicted molar refractivity (Wildman–Crippen MR) is 70.9 cm³/mol. The van der Waals surface area contributed by atoms with Crippen LogP contribution >= 0.6 is 0 Å². The van der Waals surface area contributed by atoms with Crippen molar-refractivity contribution in [3.63, 3.8) is 0 Å². The molecule has 1 aliphatic carbocycles. The molecule has 1 unspecified atom stereocenters. The zero-order valence-corrected chi connectivity index (χ0v) is 10.8. The molecular formula is C15H22O2. The average Bonchev–Trinajstić information content (AvgIpc) is 2.30. The quantitative estimate of drug-likeness (QED) is 0.702. The summed E-state index contributed by atoms with van der Waals surface area (Å²) < 4.78 is 0. The van der Waals surface area contributed by atoms with E-state index in [1.807, 2.05) is 19.1 Å². The van der Waals surface area contributed by atoms with Gasteiger partial charge in [0.25, 0.3) is 0 Å². The third-order valence-corrected chi connectivity index (χ3v) is 3.15. The Morgan fingerprint density at radius 2 is 2.29 bits per heavy atom. The highest BCUT2D eigenvalue weighted by atomic mass is 16.4. The molecule has 0 aromatic rings. The Labute approximate surface area is 104 Å². The zero-order chi connectivity index (χ0) is 12.7. The molecule has 1 N–H and O–H groups in total. The smallest absolute Gasteiger partial charge is 0.310 e. The number of rotatable bonds is 6. The molecule has 0 aromatic carbocycles. The predicted octanol–water partition coefficient (Wildman–Crippen LogP) is 4.10. The number of carboxylic acid groups (broad SMARTS) is 1. The van der Waals surface area contributed by atoms with E-state index in [-0.39, 0.29) is 5.92 Å². The van der Waals surface area contributed by atoms with Crippen LogP contribution in [0.4, 0.5) is 0 Å². The van der Waals surface area contributed by atoms with Crippen molar-refractivity contribution >= 4 is 5.97 Å². The molecular weight excluding hydrogens is 212 g/mol. The molecule has 0 saturated heterocycles. The Morgan fingerprint density at radius 1 is 1.53 bits per heavy atom. The molecule has 0 heterocycles. The topological polar surface area (TPSA) is 37.3 Å². The van der Waals surface area contributed by atoms with Crippen LogP contribution in [0.15, 0.2) is 35.5 Å². The molecule has 2 nitrogen and oxygen atoms in total. The van der Waals surface area contributed by atoms with Gasteiger partial charge in [-0.3, -0.25) is 4.79 Å². The van der Waals surface area contributed by atoms with Crippen molar-refractivity contribution in [2.45, 2.75) is 46.0 Å². The lowest BCUT2D eigenvalue weighted by molar-refractivity contribution is -0.140. The Morgan fingerprint density at radius 3 is 2.88 bits per heavy atom. The van der Waals surface area contributed by atoms with Crippen LogP contribution in [0.1, 0.15) is 46.0 Å². The summed E-state index contributed by atoms with van der Waals surface area (Å²) in [6.07, 6.45) is 13.2. The van der Waals surface area contributed by atoms with E-state index in [4.69, 9.17) is 5.11 Å². The lowest BCUT2D eigenvalue weighted by Gasteiger charge is -2.17. The number of unbranched alkanes of at least 4 members (excludes halogenated alkanes) is 2. The maximum atomic E-state index is 11.1. The fourth-order valence-electron chi connectivity index (χ4n) is 2.12. The molecule has 94 valence electrons. The molecule has 0 amide bonds. The Kier molecular flexibility index (Phi) is 5.75. The average molecular weight is 234 g/mol. The van der Waals surface area contributed by atoms with E-state index in [0.717, 1.165) is 18.4 Å². The fourth-order valence-corrected chi connectivity index (χ4v) is 2.12. The van der Waals surface area contributed by atoms with E-state index in [9.17, 15) is 4.79 Å². The van der Waals surface area contributed by atoms with Gasteiger partial charge in [0.1, 0.15) is 0 Å². The second kappa shape index (κ2) is 7.10. The third-order valence-electron chi connectivity index (χ3n) is 3.15. The Bertz CT molecular complexity index is 348. The minimum absolute atomic E-state index is 0.325. The third kappa shape index (κ3) is 4.22. The van der Waals surface area contributed by atoms with Gasteiger partial charge >= 0.3 is 5.97 Å². The van der Waals surface area contributed by atoms with Crippen LogP contribution in [-0.2, 0) is 4.79 Å². The SMILES string of the molecule is CCCCC=C1C=CC=C(C(CC)C(=O)O)C1. The number of aliphatic carboxylic acids is 1. The first kappa shape index (κ1) is 13.8. The molecule has 1 rings (SSSR count). The summed E-state index contributed by atoms with van der Waals surface area (Å²) >= 11 is 0. The first-order valence-electron chi connectivity index (χ1n) is 6.48. The van der Waals surface area contributed by atoms with E-state index in [2.05, 4.69) is 19.1 Å². The van der Waals surface area contributed by atoms with E-state index in [1.54, 1.807) is 0 Å². The number of hydrogen-bond donors (Lipinski definition) is 1. The van der Waals surface area contributed by atoms with Gasteiger partial charge in [0.05, 0.1) is 5.92 Å². The molecule has 17 heavy (non-hydrogen) atoms. The largest absolute Gasteiger partial charge is 0.481 e. The molecule has 0 fully saturated rings. The standard InChI is InChI=1S/C15H22O2/c1-3-5-6-8-12-9-7-10-13(11-12)14(4-2)15(16)17/h7-10,14H,3-6,11H2,1-2H3,(H,16,17). The number of allylic oxidation sites excluding steroid dienone is 5. The highest BCUT2D eigenvalue weighted by Gasteiger charge is 2.21. The lowest BCUT2D eigenvalue weighted by Crippen LogP contribution is -2.16. The van der Waals surface area contributed by atoms with Gasteiger partial charge < -0.3 is 5.11 Å². The van der Waals surface area contributed by atoms with Crippen molar-refractivity contribution in [2.24, 2.45) is 5.92 Å². The van der Waals surface area contributed by atoms with Crippen LogP contribution in [0.2, 0.25) is 0 Å². The van der Waals surface area contributed by atoms with Crippen molar-refractivity contribution < 1.29 is 9.90 Å². The van der Waals surface area contributed by atoms with Crippen molar-refractivity contribution in [3.05, 3.63) is 35.5 Å². The van der Waals surface area contributed by atoms with Gasteiger partial charge in [-0.2, -0.15) is 0 Å². The second-order valence-corrected chi connectivity index (χ2v) is 4.50. The van der Waals surface area contributed by atoms with E-state index < -0.39 is 5.97 Å². The van der Waals surface area contributed by atoms with Crippen molar-refractivity contribution in [1.82, 2.24) is 0 Å². The summed E-state index contributed by atoms with van der Waals surface area (Å²) in [4.78, 5) is 11.1. The van der Waals surface area contributed by atoms with E-state index in [1.165, 1.54) is 18.4 Å². The van der Waals surface area contributed by atoms with Gasteiger partial charge in [-0.05, 0) is 24.8 Å². The minimum Gasteiger partial charge on any atom is -0.481 e. The molecule has 1 atom stereocenters. The molecule has 2 heteroatoms. The van der Waals surface area contributed by atoms with Crippen LogP contribution in [0.25, 0.3) is 0 Å². The van der Waals surface area contributed by atoms with Gasteiger partial charge in [-0.1, -0.05) is 56.6 Å². The molecule has 0 radical (unpaired) electrons. The van der Waals surface area contributed by atoms with E-state index >= 15 is 0 Å². The van der Waals surface area contributed by atoms with E-state index in [0.29, 0.717) is 6.42 Å². The lowest BCUT2D eigenvalue weighted by atomic mass is 9.87. The molecule has 0 aromatic heterocycles. The highest BCUT2D eigenvalue weighted by molar-refractivity contribution is 5.74. The molecule has 0 spiro atoms. The van der Waals surface area contributed by atoms with Crippen molar-refractivity contribution in [2.75, 3.05) is 0 Å². The van der Waals surface area contributed by atoms with Crippen LogP contribution < -0.4 is 0 Å². The Balaban J connectivity index is 2.66. The molecule has 0 saturated carbocycles. The van der Waals surface area contributed by atoms with Crippen LogP contribution in [0, 0.1) is 5.92 Å². The van der Waals surface area contributed by atoms with Gasteiger partial charge in [-0.25, -0.2) is 0 Å². The minimum atomic E-state index is -0.707. The summed E-state index contributed by atoms with van der Waals surface area (Å²) in [5.74, 6) is -1.03. The summed E-state index contributed by atoms with van der Waals surface area (Å²) in [6.45, 7) is 4.11. The van der Waals surface area contributed by atoms with Crippen molar-refractivity contribution in [1.29, 1.82) is 0 Å². The highest BCUT2D eigenvalue weighted by Crippen LogP contribution is 2.27. The Hall–Kier alpha value is -1.31. The second-order valence-electron chi connectivity index (χ2n) is 4.50. The van der Waals surface area contributed by atoms with Crippen LogP contribution in [0.3, 0.4) is 0 Å². The monoisotopic (exact) mass is 234 g/mol. The summed E-state index contributed by atoms with van der Waals surface area (Å²) in [6, 6.07) is 0. The summed E-state index contributed by atoms with van der Waals surface area (Å²) in [5, 5.41) is 9.14. The fraction of sp³-hybridized carbons (Fsp3) is 0.533. The number of carboxylic acids is 1. The van der Waals surface area contributed by atoms with Crippen LogP contribution in [0.5, 0.6) is 0 Å². The normalized spacial score (nSPS) is 19.2. The molecule has 0 aliphatic heterocycles. The molecule has 0 bridgehead atoms. The van der Waals surface area contributed by atoms with Gasteiger partial charge in [0.2, 0.25) is 0 Å². The van der Waals surface area contributed by atoms with Crippen molar-refractivity contribution in [3.8, 4) is 0 Å². The van der Waals surface area contributed by atoms with Crippen LogP contribution in [-0.4, -0.2) is 11.1 Å². The summed E-state index contributed by atoms with van der Waals surface area (Å²) in [7, 11) is 0. The summed E-state index contributed by atoms with van der Waals surface area (Å²) in [5.41, 5.74) is 2.29. The number of hydrogen-bond acceptors (Lipinski definition) is 1. The maximum absolute atomic E-state index is 11.1. The van der Waals surface area contributed by atoms with Gasteiger partial charge in [-0.15, -0.1) is 0 Å². The van der Waals surface area contributed by atoms with Gasteiger partial charge in [0, 0.05) is 0 Å². The van der Waals surface area contributed by atoms with Gasteiger partial charge in [0.15, 0.2) is 0 Å². The molecule has 1 aliphatic rings. The number of carbonyl (C=O) groups is 1. The first-order valence-corrected chi connectivity index (χ1v) is 6.48. The first-order chi connectivity index (χ1) is 8.19. The zero-order valence-electron chi connectivity index (χ0n) is 10.8. The maximum Gasteiger partial charge on any atom is 0.310 e.